The summed E-state index contributed by atoms with van der Waals surface area (Å²) in [4.78, 5) is 4.89. The Labute approximate surface area is 242 Å². The molecule has 0 atom stereocenters. The first-order chi connectivity index (χ1) is 20.1. The highest BCUT2D eigenvalue weighted by Gasteiger charge is 2.35. The van der Waals surface area contributed by atoms with Crippen molar-refractivity contribution in [2.45, 2.75) is 19.3 Å². The monoisotopic (exact) mass is 542 g/mol. The van der Waals surface area contributed by atoms with Gasteiger partial charge in [-0.3, -0.25) is 0 Å². The quantitative estimate of drug-likeness (QED) is 0.212. The molecule has 6 aromatic carbocycles. The zero-order chi connectivity index (χ0) is 27.3. The van der Waals surface area contributed by atoms with Gasteiger partial charge in [-0.05, 0) is 76.0 Å². The van der Waals surface area contributed by atoms with Crippen LogP contribution in [0, 0.1) is 0 Å². The van der Waals surface area contributed by atoms with E-state index in [0.717, 1.165) is 21.8 Å². The minimum Gasteiger partial charge on any atom is -0.309 e. The second-order valence-electron chi connectivity index (χ2n) is 11.6. The third-order valence-electron chi connectivity index (χ3n) is 9.01. The highest BCUT2D eigenvalue weighted by Crippen LogP contribution is 2.52. The van der Waals surface area contributed by atoms with Crippen LogP contribution in [-0.2, 0) is 5.41 Å². The van der Waals surface area contributed by atoms with E-state index in [0.29, 0.717) is 0 Å². The minimum atomic E-state index is -0.0639. The molecule has 2 nitrogen and oxygen atoms in total. The molecule has 3 heteroatoms. The first kappa shape index (κ1) is 23.0. The van der Waals surface area contributed by atoms with Gasteiger partial charge < -0.3 is 4.57 Å². The first-order valence-electron chi connectivity index (χ1n) is 14.2. The SMILES string of the molecule is CC1(C)c2ccccc2-c2c3c1cccc3cc1c2c2ccccc2n1-c1ccc(-c2nc3ccccc3s2)cc1. The van der Waals surface area contributed by atoms with Crippen molar-refractivity contribution in [3.8, 4) is 27.4 Å². The lowest BCUT2D eigenvalue weighted by molar-refractivity contribution is 0.645. The Bertz CT molecular complexity index is 2300. The number of hydrogen-bond donors (Lipinski definition) is 0. The summed E-state index contributed by atoms with van der Waals surface area (Å²) >= 11 is 1.75. The minimum absolute atomic E-state index is 0.0639. The standard InChI is InChI=1S/C38H26N2S/c1-38(2)28-13-5-3-11-26(28)36-34-24(10-9-14-29(34)38)22-32-35(36)27-12-4-7-16-31(27)40(32)25-20-18-23(19-21-25)37-39-30-15-6-8-17-33(30)41-37/h3-22H,1-2H3. The van der Waals surface area contributed by atoms with Crippen LogP contribution in [0.15, 0.2) is 121 Å². The molecule has 41 heavy (non-hydrogen) atoms. The zero-order valence-corrected chi connectivity index (χ0v) is 23.7. The lowest BCUT2D eigenvalue weighted by atomic mass is 9.68. The van der Waals surface area contributed by atoms with Crippen LogP contribution in [0.5, 0.6) is 0 Å². The third-order valence-corrected chi connectivity index (χ3v) is 10.1. The average molecular weight is 543 g/mol. The van der Waals surface area contributed by atoms with E-state index < -0.39 is 0 Å². The van der Waals surface area contributed by atoms with Gasteiger partial charge in [0.2, 0.25) is 0 Å². The summed E-state index contributed by atoms with van der Waals surface area (Å²) < 4.78 is 3.66. The molecule has 9 rings (SSSR count). The van der Waals surface area contributed by atoms with E-state index >= 15 is 0 Å². The van der Waals surface area contributed by atoms with E-state index in [9.17, 15) is 0 Å². The predicted molar refractivity (Wildman–Crippen MR) is 174 cm³/mol. The number of benzene rings is 6. The van der Waals surface area contributed by atoms with Gasteiger partial charge >= 0.3 is 0 Å². The van der Waals surface area contributed by atoms with E-state index in [1.807, 2.05) is 0 Å². The smallest absolute Gasteiger partial charge is 0.124 e. The summed E-state index contributed by atoms with van der Waals surface area (Å²) in [6.45, 7) is 4.73. The van der Waals surface area contributed by atoms with Crippen molar-refractivity contribution in [1.82, 2.24) is 9.55 Å². The molecule has 0 radical (unpaired) electrons. The van der Waals surface area contributed by atoms with Gasteiger partial charge in [0.1, 0.15) is 5.01 Å². The molecule has 2 aromatic heterocycles. The van der Waals surface area contributed by atoms with Crippen molar-refractivity contribution in [1.29, 1.82) is 0 Å². The summed E-state index contributed by atoms with van der Waals surface area (Å²) in [5.74, 6) is 0. The Balaban J connectivity index is 1.35. The molecule has 0 aliphatic heterocycles. The van der Waals surface area contributed by atoms with Crippen LogP contribution in [0.1, 0.15) is 25.0 Å². The predicted octanol–water partition coefficient (Wildman–Crippen LogP) is 10.5. The van der Waals surface area contributed by atoms with E-state index in [1.54, 1.807) is 11.3 Å². The van der Waals surface area contributed by atoms with Crippen molar-refractivity contribution in [2.24, 2.45) is 0 Å². The number of nitrogens with zero attached hydrogens (tertiary/aromatic N) is 2. The van der Waals surface area contributed by atoms with Gasteiger partial charge in [0.05, 0.1) is 21.3 Å². The average Bonchev–Trinajstić information content (AvgIpc) is 3.59. The normalized spacial score (nSPS) is 13.8. The molecule has 1 aliphatic rings. The van der Waals surface area contributed by atoms with E-state index in [1.165, 1.54) is 59.5 Å². The number of hydrogen-bond acceptors (Lipinski definition) is 2. The molecule has 0 bridgehead atoms. The van der Waals surface area contributed by atoms with Crippen LogP contribution < -0.4 is 0 Å². The maximum absolute atomic E-state index is 4.89. The number of rotatable bonds is 2. The van der Waals surface area contributed by atoms with Crippen molar-refractivity contribution in [3.05, 3.63) is 132 Å². The first-order valence-corrected chi connectivity index (χ1v) is 15.0. The van der Waals surface area contributed by atoms with Crippen LogP contribution in [-0.4, -0.2) is 9.55 Å². The fraction of sp³-hybridized carbons (Fsp3) is 0.0789. The number of aromatic nitrogens is 2. The Kier molecular flexibility index (Phi) is 4.58. The molecule has 0 saturated heterocycles. The van der Waals surface area contributed by atoms with Crippen molar-refractivity contribution >= 4 is 54.1 Å². The summed E-state index contributed by atoms with van der Waals surface area (Å²) in [6, 6.07) is 44.4. The third kappa shape index (κ3) is 3.10. The molecule has 0 spiro atoms. The molecule has 0 saturated carbocycles. The molecule has 2 heterocycles. The molecule has 0 amide bonds. The zero-order valence-electron chi connectivity index (χ0n) is 22.8. The fourth-order valence-corrected chi connectivity index (χ4v) is 8.08. The number of para-hydroxylation sites is 2. The van der Waals surface area contributed by atoms with Crippen LogP contribution >= 0.6 is 11.3 Å². The van der Waals surface area contributed by atoms with Crippen LogP contribution in [0.4, 0.5) is 0 Å². The molecular weight excluding hydrogens is 516 g/mol. The van der Waals surface area contributed by atoms with Crippen molar-refractivity contribution < 1.29 is 0 Å². The highest BCUT2D eigenvalue weighted by molar-refractivity contribution is 7.21. The lowest BCUT2D eigenvalue weighted by Gasteiger charge is -2.35. The fourth-order valence-electron chi connectivity index (χ4n) is 7.11. The number of thiazole rings is 1. The van der Waals surface area contributed by atoms with Crippen LogP contribution in [0.25, 0.3) is 70.2 Å². The molecule has 0 fully saturated rings. The van der Waals surface area contributed by atoms with Gasteiger partial charge in [-0.25, -0.2) is 4.98 Å². The van der Waals surface area contributed by atoms with Crippen LogP contribution in [0.3, 0.4) is 0 Å². The summed E-state index contributed by atoms with van der Waals surface area (Å²) in [5, 5.41) is 6.36. The second kappa shape index (κ2) is 8.15. The van der Waals surface area contributed by atoms with E-state index in [4.69, 9.17) is 4.98 Å². The molecule has 8 aromatic rings. The van der Waals surface area contributed by atoms with Gasteiger partial charge in [0, 0.05) is 33.0 Å². The number of fused-ring (bicyclic) bond motifs is 7. The Morgan fingerprint density at radius 1 is 0.659 bits per heavy atom. The summed E-state index contributed by atoms with van der Waals surface area (Å²) in [6.07, 6.45) is 0. The van der Waals surface area contributed by atoms with Crippen LogP contribution in [0.2, 0.25) is 0 Å². The van der Waals surface area contributed by atoms with Crippen molar-refractivity contribution in [3.63, 3.8) is 0 Å². The van der Waals surface area contributed by atoms with Gasteiger partial charge in [0.15, 0.2) is 0 Å². The van der Waals surface area contributed by atoms with Gasteiger partial charge in [-0.2, -0.15) is 0 Å². The van der Waals surface area contributed by atoms with Crippen molar-refractivity contribution in [2.75, 3.05) is 0 Å². The maximum Gasteiger partial charge on any atom is 0.124 e. The lowest BCUT2D eigenvalue weighted by Crippen LogP contribution is -2.23. The maximum atomic E-state index is 4.89. The highest BCUT2D eigenvalue weighted by atomic mass is 32.1. The summed E-state index contributed by atoms with van der Waals surface area (Å²) in [7, 11) is 0. The Morgan fingerprint density at radius 3 is 2.29 bits per heavy atom. The second-order valence-corrected chi connectivity index (χ2v) is 12.6. The summed E-state index contributed by atoms with van der Waals surface area (Å²) in [5.41, 5.74) is 11.3. The molecule has 194 valence electrons. The molecule has 1 aliphatic carbocycles. The van der Waals surface area contributed by atoms with E-state index in [2.05, 4.69) is 140 Å². The van der Waals surface area contributed by atoms with Gasteiger partial charge in [0.25, 0.3) is 0 Å². The molecular formula is C38H26N2S. The Morgan fingerprint density at radius 2 is 1.41 bits per heavy atom. The van der Waals surface area contributed by atoms with Gasteiger partial charge in [-0.1, -0.05) is 86.6 Å². The largest absolute Gasteiger partial charge is 0.309 e. The van der Waals surface area contributed by atoms with Gasteiger partial charge in [-0.15, -0.1) is 11.3 Å². The van der Waals surface area contributed by atoms with E-state index in [-0.39, 0.29) is 5.41 Å². The molecule has 0 N–H and O–H groups in total. The topological polar surface area (TPSA) is 17.8 Å². The molecule has 0 unspecified atom stereocenters. The Hall–Kier alpha value is -4.73.